The first-order chi connectivity index (χ1) is 17.3. The lowest BCUT2D eigenvalue weighted by Gasteiger charge is -2.26. The van der Waals surface area contributed by atoms with Gasteiger partial charge in [0.05, 0.1) is 24.8 Å². The Bertz CT molecular complexity index is 1350. The largest absolute Gasteiger partial charge is 0.507 e. The van der Waals surface area contributed by atoms with E-state index >= 15 is 0 Å². The molecule has 1 unspecified atom stereocenters. The molecular formula is C28H26BrNO6. The Hall–Kier alpha value is -3.78. The van der Waals surface area contributed by atoms with E-state index in [9.17, 15) is 19.8 Å². The van der Waals surface area contributed by atoms with Crippen LogP contribution in [0.15, 0.2) is 70.7 Å². The number of ether oxygens (including phenoxy) is 2. The monoisotopic (exact) mass is 551 g/mol. The predicted octanol–water partition coefficient (Wildman–Crippen LogP) is 5.89. The number of aryl methyl sites for hydroxylation is 1. The fraction of sp³-hybridized carbons (Fsp3) is 0.214. The molecule has 8 heteroatoms. The summed E-state index contributed by atoms with van der Waals surface area (Å²) in [5.74, 6) is -1.09. The van der Waals surface area contributed by atoms with E-state index in [1.54, 1.807) is 61.5 Å². The summed E-state index contributed by atoms with van der Waals surface area (Å²) in [4.78, 5) is 28.1. The van der Waals surface area contributed by atoms with E-state index in [-0.39, 0.29) is 22.8 Å². The number of ketones is 1. The van der Waals surface area contributed by atoms with Crippen LogP contribution in [0.25, 0.3) is 5.76 Å². The Balaban J connectivity index is 1.93. The minimum Gasteiger partial charge on any atom is -0.507 e. The first kappa shape index (κ1) is 25.3. The molecule has 2 N–H and O–H groups in total. The molecule has 0 aromatic heterocycles. The van der Waals surface area contributed by atoms with Gasteiger partial charge in [-0.1, -0.05) is 28.1 Å². The molecule has 1 heterocycles. The number of benzene rings is 3. The van der Waals surface area contributed by atoms with Crippen molar-refractivity contribution in [2.24, 2.45) is 0 Å². The maximum absolute atomic E-state index is 13.4. The second-order valence-corrected chi connectivity index (χ2v) is 9.07. The fourth-order valence-corrected chi connectivity index (χ4v) is 4.45. The molecule has 1 atom stereocenters. The van der Waals surface area contributed by atoms with Crippen molar-refractivity contribution in [3.8, 4) is 17.2 Å². The number of amides is 1. The van der Waals surface area contributed by atoms with Gasteiger partial charge in [-0.2, -0.15) is 0 Å². The molecule has 186 valence electrons. The summed E-state index contributed by atoms with van der Waals surface area (Å²) >= 11 is 3.44. The van der Waals surface area contributed by atoms with Crippen LogP contribution in [0.2, 0.25) is 0 Å². The van der Waals surface area contributed by atoms with Gasteiger partial charge in [-0.25, -0.2) is 0 Å². The molecule has 0 aliphatic carbocycles. The van der Waals surface area contributed by atoms with Crippen LogP contribution < -0.4 is 14.4 Å². The van der Waals surface area contributed by atoms with Crippen molar-refractivity contribution in [3.05, 3.63) is 87.4 Å². The van der Waals surface area contributed by atoms with Crippen molar-refractivity contribution in [2.75, 3.05) is 18.1 Å². The Morgan fingerprint density at radius 2 is 1.67 bits per heavy atom. The Kier molecular flexibility index (Phi) is 7.35. The quantitative estimate of drug-likeness (QED) is 0.216. The Morgan fingerprint density at radius 3 is 2.31 bits per heavy atom. The Morgan fingerprint density at radius 1 is 0.972 bits per heavy atom. The topological polar surface area (TPSA) is 96.3 Å². The summed E-state index contributed by atoms with van der Waals surface area (Å²) < 4.78 is 11.9. The zero-order valence-corrected chi connectivity index (χ0v) is 21.7. The summed E-state index contributed by atoms with van der Waals surface area (Å²) in [6.07, 6.45) is 0. The van der Waals surface area contributed by atoms with Gasteiger partial charge in [0, 0.05) is 15.7 Å². The SMILES string of the molecule is CCOc1ccc(N2C(=O)C(=O)/C(=C(\O)c3ccc(Br)c(C)c3)C2c2ccc(O)c(OCC)c2)cc1. The lowest BCUT2D eigenvalue weighted by Crippen LogP contribution is -2.29. The van der Waals surface area contributed by atoms with Crippen LogP contribution >= 0.6 is 15.9 Å². The number of hydrogen-bond acceptors (Lipinski definition) is 6. The third-order valence-corrected chi connectivity index (χ3v) is 6.79. The minimum absolute atomic E-state index is 0.0521. The van der Waals surface area contributed by atoms with Crippen molar-refractivity contribution in [2.45, 2.75) is 26.8 Å². The molecule has 7 nitrogen and oxygen atoms in total. The Labute approximate surface area is 217 Å². The highest BCUT2D eigenvalue weighted by atomic mass is 79.9. The van der Waals surface area contributed by atoms with Crippen LogP contribution in [0, 0.1) is 6.92 Å². The third-order valence-electron chi connectivity index (χ3n) is 5.90. The number of nitrogens with zero attached hydrogens (tertiary/aromatic N) is 1. The fourth-order valence-electron chi connectivity index (χ4n) is 4.20. The van der Waals surface area contributed by atoms with E-state index in [0.29, 0.717) is 35.8 Å². The minimum atomic E-state index is -0.952. The van der Waals surface area contributed by atoms with Gasteiger partial charge in [0.25, 0.3) is 11.7 Å². The van der Waals surface area contributed by atoms with Gasteiger partial charge in [-0.15, -0.1) is 0 Å². The van der Waals surface area contributed by atoms with E-state index in [1.807, 2.05) is 13.8 Å². The second-order valence-electron chi connectivity index (χ2n) is 8.22. The molecule has 0 spiro atoms. The van der Waals surface area contributed by atoms with Gasteiger partial charge in [-0.05, 0) is 80.4 Å². The predicted molar refractivity (Wildman–Crippen MR) is 141 cm³/mol. The van der Waals surface area contributed by atoms with E-state index in [2.05, 4.69) is 15.9 Å². The number of aliphatic hydroxyl groups is 1. The number of phenolic OH excluding ortho intramolecular Hbond substituents is 1. The number of hydrogen-bond donors (Lipinski definition) is 2. The molecule has 0 saturated carbocycles. The van der Waals surface area contributed by atoms with Gasteiger partial charge in [0.2, 0.25) is 0 Å². The normalized spacial score (nSPS) is 16.9. The standard InChI is InChI=1S/C28H26BrNO6/c1-4-35-20-10-8-19(9-11-20)30-25(17-7-13-22(31)23(15-17)36-5-2)24(27(33)28(30)34)26(32)18-6-12-21(29)16(3)14-18/h6-15,25,31-32H,4-5H2,1-3H3/b26-24-. The summed E-state index contributed by atoms with van der Waals surface area (Å²) in [6.45, 7) is 6.33. The summed E-state index contributed by atoms with van der Waals surface area (Å²) in [5, 5.41) is 21.6. The number of phenols is 1. The van der Waals surface area contributed by atoms with Crippen molar-refractivity contribution in [1.29, 1.82) is 0 Å². The van der Waals surface area contributed by atoms with Gasteiger partial charge in [0.15, 0.2) is 11.5 Å². The van der Waals surface area contributed by atoms with Crippen molar-refractivity contribution in [3.63, 3.8) is 0 Å². The number of Topliss-reactive ketones (excluding diaryl/α,β-unsaturated/α-hetero) is 1. The molecule has 1 aliphatic heterocycles. The maximum Gasteiger partial charge on any atom is 0.300 e. The molecule has 0 bridgehead atoms. The average Bonchev–Trinajstić information content (AvgIpc) is 3.13. The van der Waals surface area contributed by atoms with E-state index < -0.39 is 17.7 Å². The zero-order chi connectivity index (χ0) is 26.0. The second kappa shape index (κ2) is 10.5. The van der Waals surface area contributed by atoms with Crippen molar-refractivity contribution < 1.29 is 29.3 Å². The molecule has 1 fully saturated rings. The first-order valence-corrected chi connectivity index (χ1v) is 12.3. The number of aliphatic hydroxyl groups excluding tert-OH is 1. The van der Waals surface area contributed by atoms with E-state index in [0.717, 1.165) is 10.0 Å². The smallest absolute Gasteiger partial charge is 0.300 e. The first-order valence-electron chi connectivity index (χ1n) is 11.5. The molecule has 3 aromatic rings. The molecule has 1 saturated heterocycles. The van der Waals surface area contributed by atoms with E-state index in [1.165, 1.54) is 11.0 Å². The summed E-state index contributed by atoms with van der Waals surface area (Å²) in [6, 6.07) is 15.7. The molecule has 3 aromatic carbocycles. The highest BCUT2D eigenvalue weighted by molar-refractivity contribution is 9.10. The van der Waals surface area contributed by atoms with Crippen LogP contribution in [-0.4, -0.2) is 35.1 Å². The van der Waals surface area contributed by atoms with Crippen LogP contribution in [0.5, 0.6) is 17.2 Å². The van der Waals surface area contributed by atoms with Crippen LogP contribution in [0.4, 0.5) is 5.69 Å². The number of carbonyl (C=O) groups is 2. The third kappa shape index (κ3) is 4.68. The zero-order valence-electron chi connectivity index (χ0n) is 20.1. The summed E-state index contributed by atoms with van der Waals surface area (Å²) in [5.41, 5.74) is 2.18. The van der Waals surface area contributed by atoms with E-state index in [4.69, 9.17) is 9.47 Å². The maximum atomic E-state index is 13.4. The molecule has 1 amide bonds. The van der Waals surface area contributed by atoms with Crippen molar-refractivity contribution in [1.82, 2.24) is 0 Å². The highest BCUT2D eigenvalue weighted by Gasteiger charge is 2.47. The number of halogens is 1. The lowest BCUT2D eigenvalue weighted by molar-refractivity contribution is -0.132. The van der Waals surface area contributed by atoms with Gasteiger partial charge in [-0.3, -0.25) is 14.5 Å². The molecule has 36 heavy (non-hydrogen) atoms. The molecule has 1 aliphatic rings. The summed E-state index contributed by atoms with van der Waals surface area (Å²) in [7, 11) is 0. The van der Waals surface area contributed by atoms with Gasteiger partial charge >= 0.3 is 0 Å². The lowest BCUT2D eigenvalue weighted by atomic mass is 9.94. The molecule has 0 radical (unpaired) electrons. The van der Waals surface area contributed by atoms with Gasteiger partial charge < -0.3 is 19.7 Å². The van der Waals surface area contributed by atoms with Crippen LogP contribution in [-0.2, 0) is 9.59 Å². The van der Waals surface area contributed by atoms with Crippen LogP contribution in [0.3, 0.4) is 0 Å². The van der Waals surface area contributed by atoms with Crippen molar-refractivity contribution >= 4 is 39.1 Å². The van der Waals surface area contributed by atoms with Gasteiger partial charge in [0.1, 0.15) is 11.5 Å². The number of aromatic hydroxyl groups is 1. The molecular weight excluding hydrogens is 526 g/mol. The number of rotatable bonds is 7. The molecule has 4 rings (SSSR count). The number of carbonyl (C=O) groups excluding carboxylic acids is 2. The number of anilines is 1. The average molecular weight is 552 g/mol. The van der Waals surface area contributed by atoms with Crippen LogP contribution in [0.1, 0.15) is 36.6 Å². The highest BCUT2D eigenvalue weighted by Crippen LogP contribution is 2.44.